The highest BCUT2D eigenvalue weighted by Crippen LogP contribution is 2.18. The summed E-state index contributed by atoms with van der Waals surface area (Å²) in [4.78, 5) is 11.9. The predicted molar refractivity (Wildman–Crippen MR) is 74.1 cm³/mol. The standard InChI is InChI=1S/C15H12N2O5/c1-19-11-5-2-4-10(8-11)15(18)21-9-13-16-17-14(22-13)12-6-3-7-20-12/h2-8H,9H2,1H3. The van der Waals surface area contributed by atoms with Gasteiger partial charge in [-0.05, 0) is 30.3 Å². The Hall–Kier alpha value is -3.09. The van der Waals surface area contributed by atoms with Crippen LogP contribution in [0.1, 0.15) is 16.2 Å². The second-order valence-corrected chi connectivity index (χ2v) is 4.29. The van der Waals surface area contributed by atoms with Crippen molar-refractivity contribution < 1.29 is 23.1 Å². The summed E-state index contributed by atoms with van der Waals surface area (Å²) in [5, 5.41) is 7.61. The van der Waals surface area contributed by atoms with Gasteiger partial charge in [-0.2, -0.15) is 0 Å². The molecular weight excluding hydrogens is 288 g/mol. The van der Waals surface area contributed by atoms with Crippen molar-refractivity contribution in [3.8, 4) is 17.4 Å². The molecule has 3 rings (SSSR count). The molecule has 7 heteroatoms. The van der Waals surface area contributed by atoms with E-state index in [0.29, 0.717) is 17.1 Å². The Bertz CT molecular complexity index is 764. The SMILES string of the molecule is COc1cccc(C(=O)OCc2nnc(-c3ccco3)o2)c1. The number of methoxy groups -OCH3 is 1. The average Bonchev–Trinajstić information content (AvgIpc) is 3.23. The van der Waals surface area contributed by atoms with Crippen molar-refractivity contribution in [3.63, 3.8) is 0 Å². The Kier molecular flexibility index (Phi) is 3.86. The van der Waals surface area contributed by atoms with E-state index in [1.54, 1.807) is 36.4 Å². The lowest BCUT2D eigenvalue weighted by Gasteiger charge is -2.04. The van der Waals surface area contributed by atoms with Crippen LogP contribution in [-0.4, -0.2) is 23.3 Å². The number of benzene rings is 1. The van der Waals surface area contributed by atoms with E-state index in [1.165, 1.54) is 13.4 Å². The van der Waals surface area contributed by atoms with Gasteiger partial charge in [-0.1, -0.05) is 6.07 Å². The molecule has 0 spiro atoms. The minimum atomic E-state index is -0.503. The van der Waals surface area contributed by atoms with Gasteiger partial charge >= 0.3 is 5.97 Å². The van der Waals surface area contributed by atoms with E-state index in [9.17, 15) is 4.79 Å². The molecule has 0 N–H and O–H groups in total. The van der Waals surface area contributed by atoms with Crippen LogP contribution in [0.15, 0.2) is 51.5 Å². The van der Waals surface area contributed by atoms with Crippen molar-refractivity contribution in [1.82, 2.24) is 10.2 Å². The van der Waals surface area contributed by atoms with Crippen molar-refractivity contribution in [2.24, 2.45) is 0 Å². The van der Waals surface area contributed by atoms with Gasteiger partial charge in [0.1, 0.15) is 5.75 Å². The Morgan fingerprint density at radius 2 is 2.14 bits per heavy atom. The van der Waals surface area contributed by atoms with Crippen LogP contribution < -0.4 is 4.74 Å². The first-order valence-electron chi connectivity index (χ1n) is 6.43. The molecule has 0 amide bonds. The third-order valence-corrected chi connectivity index (χ3v) is 2.83. The van der Waals surface area contributed by atoms with Gasteiger partial charge in [-0.25, -0.2) is 4.79 Å². The third kappa shape index (κ3) is 2.98. The summed E-state index contributed by atoms with van der Waals surface area (Å²) in [5.41, 5.74) is 0.380. The number of ether oxygens (including phenoxy) is 2. The molecule has 0 aliphatic rings. The van der Waals surface area contributed by atoms with Crippen molar-refractivity contribution in [2.45, 2.75) is 6.61 Å². The highest BCUT2D eigenvalue weighted by molar-refractivity contribution is 5.89. The topological polar surface area (TPSA) is 87.6 Å². The number of nitrogens with zero attached hydrogens (tertiary/aromatic N) is 2. The second kappa shape index (κ2) is 6.13. The smallest absolute Gasteiger partial charge is 0.338 e. The van der Waals surface area contributed by atoms with E-state index >= 15 is 0 Å². The molecule has 3 aromatic rings. The summed E-state index contributed by atoms with van der Waals surface area (Å²) in [6, 6.07) is 10.1. The van der Waals surface area contributed by atoms with Crippen molar-refractivity contribution in [2.75, 3.05) is 7.11 Å². The van der Waals surface area contributed by atoms with Gasteiger partial charge in [0.25, 0.3) is 11.8 Å². The minimum Gasteiger partial charge on any atom is -0.497 e. The van der Waals surface area contributed by atoms with Crippen LogP contribution in [0.2, 0.25) is 0 Å². The number of aromatic nitrogens is 2. The molecule has 0 bridgehead atoms. The Balaban J connectivity index is 1.63. The zero-order valence-corrected chi connectivity index (χ0v) is 11.7. The van der Waals surface area contributed by atoms with Crippen LogP contribution in [0.3, 0.4) is 0 Å². The molecule has 22 heavy (non-hydrogen) atoms. The van der Waals surface area contributed by atoms with Gasteiger partial charge < -0.3 is 18.3 Å². The first kappa shape index (κ1) is 13.9. The average molecular weight is 300 g/mol. The summed E-state index contributed by atoms with van der Waals surface area (Å²) in [6.45, 7) is -0.121. The Morgan fingerprint density at radius 1 is 1.23 bits per heavy atom. The fraction of sp³-hybridized carbons (Fsp3) is 0.133. The molecule has 1 aromatic carbocycles. The predicted octanol–water partition coefficient (Wildman–Crippen LogP) is 2.70. The lowest BCUT2D eigenvalue weighted by atomic mass is 10.2. The molecule has 7 nitrogen and oxygen atoms in total. The summed E-state index contributed by atoms with van der Waals surface area (Å²) in [5.74, 6) is 0.946. The molecule has 2 heterocycles. The van der Waals surface area contributed by atoms with Gasteiger partial charge in [-0.3, -0.25) is 0 Å². The van der Waals surface area contributed by atoms with E-state index in [4.69, 9.17) is 18.3 Å². The largest absolute Gasteiger partial charge is 0.497 e. The number of hydrogen-bond acceptors (Lipinski definition) is 7. The summed E-state index contributed by atoms with van der Waals surface area (Å²) in [6.07, 6.45) is 1.50. The van der Waals surface area contributed by atoms with Crippen LogP contribution in [0.5, 0.6) is 5.75 Å². The molecule has 0 fully saturated rings. The van der Waals surface area contributed by atoms with Gasteiger partial charge in [0.2, 0.25) is 0 Å². The molecule has 0 aliphatic carbocycles. The number of carbonyl (C=O) groups excluding carboxylic acids is 1. The summed E-state index contributed by atoms with van der Waals surface area (Å²) < 4.78 is 20.7. The first-order valence-corrected chi connectivity index (χ1v) is 6.43. The molecule has 0 radical (unpaired) electrons. The van der Waals surface area contributed by atoms with Crippen molar-refractivity contribution in [1.29, 1.82) is 0 Å². The Morgan fingerprint density at radius 3 is 2.91 bits per heavy atom. The lowest BCUT2D eigenvalue weighted by molar-refractivity contribution is 0.0438. The molecule has 0 unspecified atom stereocenters. The minimum absolute atomic E-state index is 0.121. The zero-order chi connectivity index (χ0) is 15.4. The zero-order valence-electron chi connectivity index (χ0n) is 11.7. The monoisotopic (exact) mass is 300 g/mol. The maximum Gasteiger partial charge on any atom is 0.338 e. The van der Waals surface area contributed by atoms with Crippen molar-refractivity contribution in [3.05, 3.63) is 54.1 Å². The highest BCUT2D eigenvalue weighted by atomic mass is 16.5. The van der Waals surface area contributed by atoms with Crippen LogP contribution in [0, 0.1) is 0 Å². The van der Waals surface area contributed by atoms with Gasteiger partial charge in [0, 0.05) is 0 Å². The summed E-state index contributed by atoms with van der Waals surface area (Å²) >= 11 is 0. The molecule has 2 aromatic heterocycles. The molecule has 0 saturated carbocycles. The maximum absolute atomic E-state index is 11.9. The first-order chi connectivity index (χ1) is 10.8. The molecule has 0 atom stereocenters. The number of hydrogen-bond donors (Lipinski definition) is 0. The number of furan rings is 1. The molecule has 0 aliphatic heterocycles. The number of esters is 1. The van der Waals surface area contributed by atoms with Gasteiger partial charge in [-0.15, -0.1) is 10.2 Å². The van der Waals surface area contributed by atoms with E-state index in [-0.39, 0.29) is 18.4 Å². The highest BCUT2D eigenvalue weighted by Gasteiger charge is 2.14. The number of carbonyl (C=O) groups is 1. The quantitative estimate of drug-likeness (QED) is 0.669. The lowest BCUT2D eigenvalue weighted by Crippen LogP contribution is -2.05. The Labute approximate surface area is 125 Å². The molecule has 0 saturated heterocycles. The van der Waals surface area contributed by atoms with E-state index in [1.807, 2.05) is 0 Å². The molecule has 112 valence electrons. The number of rotatable bonds is 5. The van der Waals surface area contributed by atoms with Crippen LogP contribution in [0.25, 0.3) is 11.7 Å². The van der Waals surface area contributed by atoms with Crippen LogP contribution >= 0.6 is 0 Å². The van der Waals surface area contributed by atoms with Crippen LogP contribution in [-0.2, 0) is 11.3 Å². The fourth-order valence-corrected chi connectivity index (χ4v) is 1.77. The van der Waals surface area contributed by atoms with Crippen LogP contribution in [0.4, 0.5) is 0 Å². The summed E-state index contributed by atoms with van der Waals surface area (Å²) in [7, 11) is 1.53. The third-order valence-electron chi connectivity index (χ3n) is 2.83. The normalized spacial score (nSPS) is 10.4. The van der Waals surface area contributed by atoms with Crippen molar-refractivity contribution >= 4 is 5.97 Å². The van der Waals surface area contributed by atoms with Gasteiger partial charge in [0.15, 0.2) is 12.4 Å². The fourth-order valence-electron chi connectivity index (χ4n) is 1.77. The van der Waals surface area contributed by atoms with E-state index in [2.05, 4.69) is 10.2 Å². The second-order valence-electron chi connectivity index (χ2n) is 4.29. The van der Waals surface area contributed by atoms with Gasteiger partial charge in [0.05, 0.1) is 18.9 Å². The molecular formula is C15H12N2O5. The van der Waals surface area contributed by atoms with E-state index in [0.717, 1.165) is 0 Å². The maximum atomic E-state index is 11.9. The van der Waals surface area contributed by atoms with E-state index < -0.39 is 5.97 Å².